The number of rotatable bonds is 5. The maximum atomic E-state index is 8.41. The molecule has 0 saturated carbocycles. The van der Waals surface area contributed by atoms with Gasteiger partial charge in [-0.15, -0.1) is 0 Å². The summed E-state index contributed by atoms with van der Waals surface area (Å²) >= 11 is 0. The van der Waals surface area contributed by atoms with Crippen LogP contribution in [0.4, 0.5) is 0 Å². The van der Waals surface area contributed by atoms with Gasteiger partial charge < -0.3 is 0 Å². The molecule has 0 bridgehead atoms. The third-order valence-corrected chi connectivity index (χ3v) is 2.64. The molecule has 74 valence electrons. The van der Waals surface area contributed by atoms with Crippen LogP contribution in [0.2, 0.25) is 0 Å². The predicted octanol–water partition coefficient (Wildman–Crippen LogP) is 2.01. The summed E-state index contributed by atoms with van der Waals surface area (Å²) in [6.07, 6.45) is -0.504. The van der Waals surface area contributed by atoms with Gasteiger partial charge in [0.1, 0.15) is 0 Å². The lowest BCUT2D eigenvalue weighted by molar-refractivity contribution is -0.308. The molecule has 0 rings (SSSR count). The van der Waals surface area contributed by atoms with Gasteiger partial charge in [-0.1, -0.05) is 13.8 Å². The molecule has 0 aromatic rings. The van der Waals surface area contributed by atoms with Crippen molar-refractivity contribution in [2.75, 3.05) is 0 Å². The molecule has 0 aromatic carbocycles. The molecule has 2 N–H and O–H groups in total. The molecule has 0 aromatic heterocycles. The Kier molecular flexibility index (Phi) is 5.41. The van der Waals surface area contributed by atoms with Crippen molar-refractivity contribution in [2.24, 2.45) is 11.8 Å². The van der Waals surface area contributed by atoms with Gasteiger partial charge in [-0.3, -0.25) is 10.5 Å². The summed E-state index contributed by atoms with van der Waals surface area (Å²) in [5.74, 6) is 0.245. The van der Waals surface area contributed by atoms with E-state index >= 15 is 0 Å². The van der Waals surface area contributed by atoms with Crippen molar-refractivity contribution < 1.29 is 20.3 Å². The molecule has 0 aliphatic carbocycles. The predicted molar refractivity (Wildman–Crippen MR) is 44.7 cm³/mol. The van der Waals surface area contributed by atoms with Crippen molar-refractivity contribution >= 4 is 0 Å². The summed E-state index contributed by atoms with van der Waals surface area (Å²) in [5, 5.41) is 16.8. The molecule has 4 atom stereocenters. The van der Waals surface area contributed by atoms with Crippen LogP contribution >= 0.6 is 0 Å². The first-order valence-electron chi connectivity index (χ1n) is 4.15. The molecule has 0 spiro atoms. The molecule has 0 amide bonds. The third kappa shape index (κ3) is 3.06. The van der Waals surface area contributed by atoms with Gasteiger partial charge >= 0.3 is 0 Å². The lowest BCUT2D eigenvalue weighted by atomic mass is 9.88. The Morgan fingerprint density at radius 2 is 1.00 bits per heavy atom. The zero-order valence-electron chi connectivity index (χ0n) is 8.02. The molecular formula is C8H18O4. The molecule has 4 heteroatoms. The van der Waals surface area contributed by atoms with Gasteiger partial charge in [-0.05, 0) is 25.7 Å². The molecule has 0 heterocycles. The molecule has 4 unspecified atom stereocenters. The maximum absolute atomic E-state index is 8.41. The SMILES string of the molecule is CC(OO)C(C)C(C)C(C)OO. The molecule has 0 saturated heterocycles. The monoisotopic (exact) mass is 178 g/mol. The first kappa shape index (κ1) is 11.8. The Bertz CT molecular complexity index is 104. The summed E-state index contributed by atoms with van der Waals surface area (Å²) in [7, 11) is 0. The minimum absolute atomic E-state index is 0.122. The van der Waals surface area contributed by atoms with Crippen LogP contribution in [0.15, 0.2) is 0 Å². The maximum Gasteiger partial charge on any atom is 0.0928 e. The first-order chi connectivity index (χ1) is 5.54. The van der Waals surface area contributed by atoms with E-state index in [0.29, 0.717) is 0 Å². The van der Waals surface area contributed by atoms with Gasteiger partial charge in [0, 0.05) is 0 Å². The second-order valence-corrected chi connectivity index (χ2v) is 3.34. The van der Waals surface area contributed by atoms with Gasteiger partial charge in [0.25, 0.3) is 0 Å². The highest BCUT2D eigenvalue weighted by molar-refractivity contribution is 4.71. The van der Waals surface area contributed by atoms with Crippen LogP contribution < -0.4 is 0 Å². The van der Waals surface area contributed by atoms with Gasteiger partial charge in [0.05, 0.1) is 12.2 Å². The van der Waals surface area contributed by atoms with Gasteiger partial charge in [0.2, 0.25) is 0 Å². The number of hydrogen-bond donors (Lipinski definition) is 2. The largest absolute Gasteiger partial charge is 0.252 e. The van der Waals surface area contributed by atoms with Crippen molar-refractivity contribution in [1.29, 1.82) is 0 Å². The molecule has 0 fully saturated rings. The minimum Gasteiger partial charge on any atom is -0.252 e. The smallest absolute Gasteiger partial charge is 0.0928 e. The second kappa shape index (κ2) is 5.48. The molecule has 0 radical (unpaired) electrons. The van der Waals surface area contributed by atoms with E-state index in [-0.39, 0.29) is 24.0 Å². The normalized spacial score (nSPS) is 21.5. The van der Waals surface area contributed by atoms with Crippen LogP contribution in [-0.2, 0) is 9.78 Å². The fourth-order valence-corrected chi connectivity index (χ4v) is 1.05. The fraction of sp³-hybridized carbons (Fsp3) is 1.00. The summed E-state index contributed by atoms with van der Waals surface area (Å²) in [5.41, 5.74) is 0. The van der Waals surface area contributed by atoms with Crippen LogP contribution in [0.5, 0.6) is 0 Å². The van der Waals surface area contributed by atoms with Crippen molar-refractivity contribution in [1.82, 2.24) is 0 Å². The van der Waals surface area contributed by atoms with E-state index in [4.69, 9.17) is 10.5 Å². The Morgan fingerprint density at radius 1 is 0.750 bits per heavy atom. The zero-order valence-corrected chi connectivity index (χ0v) is 8.02. The average Bonchev–Trinajstić information content (AvgIpc) is 2.12. The van der Waals surface area contributed by atoms with E-state index in [9.17, 15) is 0 Å². The molecular weight excluding hydrogens is 160 g/mol. The van der Waals surface area contributed by atoms with Gasteiger partial charge in [-0.2, -0.15) is 0 Å². The van der Waals surface area contributed by atoms with E-state index in [1.807, 2.05) is 13.8 Å². The Balaban J connectivity index is 3.99. The molecule has 12 heavy (non-hydrogen) atoms. The van der Waals surface area contributed by atoms with Crippen LogP contribution in [-0.4, -0.2) is 22.7 Å². The molecule has 0 aliphatic rings. The summed E-state index contributed by atoms with van der Waals surface area (Å²) in [6.45, 7) is 7.40. The van der Waals surface area contributed by atoms with Crippen molar-refractivity contribution in [3.05, 3.63) is 0 Å². The second-order valence-electron chi connectivity index (χ2n) is 3.34. The van der Waals surface area contributed by atoms with Crippen molar-refractivity contribution in [3.63, 3.8) is 0 Å². The van der Waals surface area contributed by atoms with Crippen molar-refractivity contribution in [3.8, 4) is 0 Å². The highest BCUT2D eigenvalue weighted by Crippen LogP contribution is 2.21. The summed E-state index contributed by atoms with van der Waals surface area (Å²) in [6, 6.07) is 0. The van der Waals surface area contributed by atoms with E-state index in [0.717, 1.165) is 0 Å². The van der Waals surface area contributed by atoms with Gasteiger partial charge in [-0.25, -0.2) is 9.78 Å². The Hall–Kier alpha value is -0.160. The van der Waals surface area contributed by atoms with E-state index < -0.39 is 0 Å². The first-order valence-corrected chi connectivity index (χ1v) is 4.15. The van der Waals surface area contributed by atoms with Crippen LogP contribution in [0.1, 0.15) is 27.7 Å². The lowest BCUT2D eigenvalue weighted by Crippen LogP contribution is -2.30. The molecule has 4 nitrogen and oxygen atoms in total. The fourth-order valence-electron chi connectivity index (χ4n) is 1.05. The third-order valence-electron chi connectivity index (χ3n) is 2.64. The molecule has 0 aliphatic heterocycles. The quantitative estimate of drug-likeness (QED) is 0.499. The van der Waals surface area contributed by atoms with E-state index in [1.54, 1.807) is 13.8 Å². The van der Waals surface area contributed by atoms with Crippen molar-refractivity contribution in [2.45, 2.75) is 39.9 Å². The Morgan fingerprint density at radius 3 is 1.17 bits per heavy atom. The van der Waals surface area contributed by atoms with Crippen LogP contribution in [0.3, 0.4) is 0 Å². The zero-order chi connectivity index (χ0) is 9.72. The highest BCUT2D eigenvalue weighted by Gasteiger charge is 2.25. The highest BCUT2D eigenvalue weighted by atomic mass is 17.1. The number of hydrogen-bond acceptors (Lipinski definition) is 4. The summed E-state index contributed by atoms with van der Waals surface area (Å²) < 4.78 is 0. The Labute approximate surface area is 73.0 Å². The van der Waals surface area contributed by atoms with Crippen LogP contribution in [0.25, 0.3) is 0 Å². The van der Waals surface area contributed by atoms with Crippen LogP contribution in [0, 0.1) is 11.8 Å². The summed E-state index contributed by atoms with van der Waals surface area (Å²) in [4.78, 5) is 8.38. The topological polar surface area (TPSA) is 58.9 Å². The minimum atomic E-state index is -0.252. The van der Waals surface area contributed by atoms with Gasteiger partial charge in [0.15, 0.2) is 0 Å². The average molecular weight is 178 g/mol. The standard InChI is InChI=1S/C8H18O4/c1-5(7(3)11-9)6(2)8(4)12-10/h5-10H,1-4H3. The van der Waals surface area contributed by atoms with E-state index in [2.05, 4.69) is 9.78 Å². The lowest BCUT2D eigenvalue weighted by Gasteiger charge is -2.26. The van der Waals surface area contributed by atoms with E-state index in [1.165, 1.54) is 0 Å².